The predicted octanol–water partition coefficient (Wildman–Crippen LogP) is 21.9. The molecule has 3 aromatic rings. The van der Waals surface area contributed by atoms with Gasteiger partial charge in [0.2, 0.25) is 0 Å². The molecule has 67 heavy (non-hydrogen) atoms. The number of para-hydroxylation sites is 1. The standard InChI is InChI=1S/C63H105O3P/c1-6-11-16-21-26-31-36-43-56-50-52-62(59(54-56)47-39-34-29-24-19-14-9-4)65-67(64-61-49-42-41-46-58(61)45-38-33-28-23-18-13-8-3)66-63-53-51-57(44-37-32-27-22-17-12-7-2)55-60(63)48-40-35-30-25-20-15-10-5/h41-42,46,49-55H,6-40,43-45,47-48H2,1-5H3. The van der Waals surface area contributed by atoms with Crippen molar-refractivity contribution < 1.29 is 13.6 Å². The lowest BCUT2D eigenvalue weighted by molar-refractivity contribution is 0.382. The van der Waals surface area contributed by atoms with Gasteiger partial charge in [0.15, 0.2) is 0 Å². The molecular weight excluding hydrogens is 836 g/mol. The molecule has 0 heterocycles. The van der Waals surface area contributed by atoms with Crippen molar-refractivity contribution in [2.45, 2.75) is 291 Å². The van der Waals surface area contributed by atoms with E-state index in [1.807, 2.05) is 0 Å². The average Bonchev–Trinajstić information content (AvgIpc) is 3.34. The Labute approximate surface area is 417 Å². The Morgan fingerprint density at radius 1 is 0.269 bits per heavy atom. The SMILES string of the molecule is CCCCCCCCCc1ccc(OP(Oc2ccccc2CCCCCCCCC)Oc2ccc(CCCCCCCCC)cc2CCCCCCCCC)c(CCCCCCCCC)c1. The van der Waals surface area contributed by atoms with Gasteiger partial charge in [-0.2, -0.15) is 0 Å². The molecule has 0 N–H and O–H groups in total. The van der Waals surface area contributed by atoms with Gasteiger partial charge in [0, 0.05) is 0 Å². The van der Waals surface area contributed by atoms with Crippen molar-refractivity contribution in [3.8, 4) is 17.2 Å². The summed E-state index contributed by atoms with van der Waals surface area (Å²) in [5, 5.41) is 0. The third kappa shape index (κ3) is 28.7. The van der Waals surface area contributed by atoms with Gasteiger partial charge in [0.1, 0.15) is 17.2 Å². The molecule has 0 unspecified atom stereocenters. The first kappa shape index (κ1) is 58.8. The second kappa shape index (κ2) is 41.3. The fourth-order valence-electron chi connectivity index (χ4n) is 9.63. The quantitative estimate of drug-likeness (QED) is 0.0417. The molecule has 0 spiro atoms. The van der Waals surface area contributed by atoms with E-state index in [1.165, 1.54) is 253 Å². The lowest BCUT2D eigenvalue weighted by Crippen LogP contribution is -2.07. The van der Waals surface area contributed by atoms with Crippen LogP contribution in [0.5, 0.6) is 17.2 Å². The summed E-state index contributed by atoms with van der Waals surface area (Å²) in [4.78, 5) is 0. The van der Waals surface area contributed by atoms with Crippen molar-refractivity contribution in [1.82, 2.24) is 0 Å². The highest BCUT2D eigenvalue weighted by molar-refractivity contribution is 7.43. The molecule has 3 nitrogen and oxygen atoms in total. The highest BCUT2D eigenvalue weighted by Crippen LogP contribution is 2.46. The van der Waals surface area contributed by atoms with E-state index in [4.69, 9.17) is 13.6 Å². The summed E-state index contributed by atoms with van der Waals surface area (Å²) in [7, 11) is -1.79. The minimum absolute atomic E-state index is 0.910. The lowest BCUT2D eigenvalue weighted by Gasteiger charge is -2.23. The number of benzene rings is 3. The molecule has 0 aromatic heterocycles. The first-order chi connectivity index (χ1) is 33.1. The summed E-state index contributed by atoms with van der Waals surface area (Å²) in [5.41, 5.74) is 6.78. The second-order valence-corrected chi connectivity index (χ2v) is 21.3. The average molecular weight is 942 g/mol. The Hall–Kier alpha value is -2.51. The molecule has 0 aliphatic heterocycles. The molecule has 0 bridgehead atoms. The fraction of sp³-hybridized carbons (Fsp3) is 0.714. The van der Waals surface area contributed by atoms with Crippen LogP contribution in [0, 0.1) is 0 Å². The van der Waals surface area contributed by atoms with Crippen LogP contribution in [0.2, 0.25) is 0 Å². The maximum Gasteiger partial charge on any atom is 0.530 e. The van der Waals surface area contributed by atoms with Crippen molar-refractivity contribution in [2.24, 2.45) is 0 Å². The molecule has 380 valence electrons. The molecule has 3 rings (SSSR count). The van der Waals surface area contributed by atoms with Gasteiger partial charge in [0.25, 0.3) is 0 Å². The number of hydrogen-bond donors (Lipinski definition) is 0. The van der Waals surface area contributed by atoms with E-state index < -0.39 is 8.60 Å². The molecule has 0 amide bonds. The largest absolute Gasteiger partial charge is 0.530 e. The molecule has 0 radical (unpaired) electrons. The van der Waals surface area contributed by atoms with E-state index in [1.54, 1.807) is 0 Å². The first-order valence-corrected chi connectivity index (χ1v) is 30.4. The number of unbranched alkanes of at least 4 members (excludes halogenated alkanes) is 30. The smallest absolute Gasteiger partial charge is 0.408 e. The molecule has 0 fully saturated rings. The molecule has 0 aliphatic carbocycles. The Morgan fingerprint density at radius 3 is 0.881 bits per heavy atom. The normalized spacial score (nSPS) is 11.5. The van der Waals surface area contributed by atoms with Crippen molar-refractivity contribution in [3.63, 3.8) is 0 Å². The van der Waals surface area contributed by atoms with Crippen LogP contribution < -0.4 is 13.6 Å². The summed E-state index contributed by atoms with van der Waals surface area (Å²) >= 11 is 0. The maximum absolute atomic E-state index is 7.14. The Bertz CT molecular complexity index is 1500. The van der Waals surface area contributed by atoms with Crippen LogP contribution in [-0.2, 0) is 32.1 Å². The lowest BCUT2D eigenvalue weighted by atomic mass is 9.99. The van der Waals surface area contributed by atoms with Crippen molar-refractivity contribution in [3.05, 3.63) is 88.5 Å². The van der Waals surface area contributed by atoms with E-state index in [2.05, 4.69) is 95.3 Å². The molecule has 0 saturated heterocycles. The van der Waals surface area contributed by atoms with Crippen LogP contribution in [0.3, 0.4) is 0 Å². The third-order valence-electron chi connectivity index (χ3n) is 14.0. The van der Waals surface area contributed by atoms with E-state index in [-0.39, 0.29) is 0 Å². The minimum Gasteiger partial charge on any atom is -0.408 e. The van der Waals surface area contributed by atoms with Gasteiger partial charge in [-0.25, -0.2) is 0 Å². The summed E-state index contributed by atoms with van der Waals surface area (Å²) in [6.45, 7) is 11.5. The van der Waals surface area contributed by atoms with Gasteiger partial charge >= 0.3 is 8.60 Å². The summed E-state index contributed by atoms with van der Waals surface area (Å²) in [5.74, 6) is 2.79. The van der Waals surface area contributed by atoms with Gasteiger partial charge in [0.05, 0.1) is 0 Å². The zero-order valence-corrected chi connectivity index (χ0v) is 45.6. The topological polar surface area (TPSA) is 27.7 Å². The second-order valence-electron chi connectivity index (χ2n) is 20.3. The Morgan fingerprint density at radius 2 is 0.537 bits per heavy atom. The minimum atomic E-state index is -1.79. The fourth-order valence-corrected chi connectivity index (χ4v) is 10.8. The zero-order valence-electron chi connectivity index (χ0n) is 44.7. The van der Waals surface area contributed by atoms with E-state index >= 15 is 0 Å². The van der Waals surface area contributed by atoms with Gasteiger partial charge in [-0.05, 0) is 110 Å². The number of rotatable bonds is 46. The number of hydrogen-bond acceptors (Lipinski definition) is 3. The van der Waals surface area contributed by atoms with Crippen molar-refractivity contribution in [2.75, 3.05) is 0 Å². The van der Waals surface area contributed by atoms with Gasteiger partial charge in [-0.1, -0.05) is 270 Å². The van der Waals surface area contributed by atoms with Crippen LogP contribution in [0.25, 0.3) is 0 Å². The summed E-state index contributed by atoms with van der Waals surface area (Å²) in [6, 6.07) is 22.8. The van der Waals surface area contributed by atoms with Crippen molar-refractivity contribution in [1.29, 1.82) is 0 Å². The Balaban J connectivity index is 1.91. The monoisotopic (exact) mass is 941 g/mol. The van der Waals surface area contributed by atoms with Gasteiger partial charge in [-0.15, -0.1) is 0 Å². The molecule has 0 atom stereocenters. The highest BCUT2D eigenvalue weighted by Gasteiger charge is 2.25. The molecule has 0 aliphatic rings. The van der Waals surface area contributed by atoms with E-state index in [0.29, 0.717) is 0 Å². The van der Waals surface area contributed by atoms with Crippen molar-refractivity contribution >= 4 is 8.60 Å². The van der Waals surface area contributed by atoms with Crippen LogP contribution in [0.1, 0.15) is 287 Å². The van der Waals surface area contributed by atoms with Crippen LogP contribution in [-0.4, -0.2) is 0 Å². The Kier molecular flexibility index (Phi) is 36.2. The molecule has 3 aromatic carbocycles. The van der Waals surface area contributed by atoms with E-state index in [9.17, 15) is 0 Å². The van der Waals surface area contributed by atoms with Crippen LogP contribution in [0.4, 0.5) is 0 Å². The summed E-state index contributed by atoms with van der Waals surface area (Å²) in [6.07, 6.45) is 51.5. The predicted molar refractivity (Wildman–Crippen MR) is 297 cm³/mol. The van der Waals surface area contributed by atoms with E-state index in [0.717, 1.165) is 49.4 Å². The van der Waals surface area contributed by atoms with Gasteiger partial charge < -0.3 is 13.6 Å². The van der Waals surface area contributed by atoms with Gasteiger partial charge in [-0.3, -0.25) is 0 Å². The molecule has 4 heteroatoms. The highest BCUT2D eigenvalue weighted by atomic mass is 31.2. The maximum atomic E-state index is 7.14. The molecular formula is C63H105O3P. The first-order valence-electron chi connectivity index (χ1n) is 29.3. The number of aryl methyl sites for hydroxylation is 5. The molecule has 0 saturated carbocycles. The summed E-state index contributed by atoms with van der Waals surface area (Å²) < 4.78 is 21.3. The zero-order chi connectivity index (χ0) is 47.7. The van der Waals surface area contributed by atoms with Crippen LogP contribution in [0.15, 0.2) is 60.7 Å². The third-order valence-corrected chi connectivity index (χ3v) is 15.1. The van der Waals surface area contributed by atoms with Crippen LogP contribution >= 0.6 is 8.60 Å².